The average molecular weight is 316 g/mol. The molecule has 3 nitrogen and oxygen atoms in total. The summed E-state index contributed by atoms with van der Waals surface area (Å²) in [4.78, 5) is 11.2. The van der Waals surface area contributed by atoms with Crippen molar-refractivity contribution >= 4 is 5.97 Å². The molecule has 0 unspecified atom stereocenters. The van der Waals surface area contributed by atoms with E-state index in [-0.39, 0.29) is 0 Å². The van der Waals surface area contributed by atoms with Crippen LogP contribution in [0, 0.1) is 0 Å². The van der Waals surface area contributed by atoms with Crippen molar-refractivity contribution in [2.45, 2.75) is 59.3 Å². The van der Waals surface area contributed by atoms with E-state index in [1.807, 2.05) is 26.0 Å². The van der Waals surface area contributed by atoms with Gasteiger partial charge in [-0.3, -0.25) is 0 Å². The second-order valence-corrected chi connectivity index (χ2v) is 6.11. The highest BCUT2D eigenvalue weighted by Crippen LogP contribution is 2.13. The van der Waals surface area contributed by atoms with Gasteiger partial charge in [-0.25, -0.2) is 4.79 Å². The van der Waals surface area contributed by atoms with Gasteiger partial charge < -0.3 is 9.52 Å². The van der Waals surface area contributed by atoms with Crippen LogP contribution < -0.4 is 0 Å². The van der Waals surface area contributed by atoms with Crippen LogP contribution in [0.25, 0.3) is 0 Å². The first-order valence-electron chi connectivity index (χ1n) is 8.21. The Morgan fingerprint density at radius 1 is 1.09 bits per heavy atom. The number of hydrogen-bond acceptors (Lipinski definition) is 2. The molecule has 0 amide bonds. The molecule has 126 valence electrons. The third kappa shape index (κ3) is 8.87. The zero-order chi connectivity index (χ0) is 17.1. The maximum absolute atomic E-state index is 11.2. The average Bonchev–Trinajstić information content (AvgIpc) is 2.98. The molecule has 0 aliphatic heterocycles. The lowest BCUT2D eigenvalue weighted by atomic mass is 10.0. The van der Waals surface area contributed by atoms with Crippen LogP contribution in [0.1, 0.15) is 58.4 Å². The van der Waals surface area contributed by atoms with Crippen LogP contribution in [-0.4, -0.2) is 11.1 Å². The van der Waals surface area contributed by atoms with Crippen LogP contribution in [0.2, 0.25) is 0 Å². The molecular formula is C20H28O3. The molecule has 1 rings (SSSR count). The fraction of sp³-hybridized carbons (Fsp3) is 0.450. The minimum Gasteiger partial charge on any atom is -0.478 e. The second kappa shape index (κ2) is 10.7. The van der Waals surface area contributed by atoms with Gasteiger partial charge in [0.05, 0.1) is 12.5 Å². The molecule has 0 radical (unpaired) electrons. The first-order valence-corrected chi connectivity index (χ1v) is 8.21. The van der Waals surface area contributed by atoms with Crippen LogP contribution in [0.3, 0.4) is 0 Å². The van der Waals surface area contributed by atoms with Crippen LogP contribution in [0.5, 0.6) is 0 Å². The topological polar surface area (TPSA) is 50.4 Å². The molecule has 0 atom stereocenters. The van der Waals surface area contributed by atoms with E-state index in [4.69, 9.17) is 4.42 Å². The first kappa shape index (κ1) is 19.0. The summed E-state index contributed by atoms with van der Waals surface area (Å²) >= 11 is 0. The summed E-state index contributed by atoms with van der Waals surface area (Å²) in [5.74, 6) is -0.797. The second-order valence-electron chi connectivity index (χ2n) is 6.11. The van der Waals surface area contributed by atoms with Crippen molar-refractivity contribution in [3.05, 3.63) is 59.1 Å². The van der Waals surface area contributed by atoms with E-state index in [2.05, 4.69) is 19.1 Å². The molecule has 1 aromatic rings. The fourth-order valence-electron chi connectivity index (χ4n) is 2.31. The normalized spacial score (nSPS) is 12.3. The number of aryl methyl sites for hydroxylation is 1. The Kier molecular flexibility index (Phi) is 8.81. The highest BCUT2D eigenvalue weighted by atomic mass is 16.4. The first-order chi connectivity index (χ1) is 11.0. The van der Waals surface area contributed by atoms with Gasteiger partial charge >= 0.3 is 5.97 Å². The standard InChI is InChI=1S/C20H28O3/c1-16(2)7-4-11-19(20(21)22)12-6-9-17(3)8-5-10-18-13-14-23-15-18/h7-8,12-15H,4-6,9-11H2,1-3H3,(H,21,22)/b17-8+,19-12+. The smallest absolute Gasteiger partial charge is 0.331 e. The van der Waals surface area contributed by atoms with Crippen molar-refractivity contribution in [1.82, 2.24) is 0 Å². The summed E-state index contributed by atoms with van der Waals surface area (Å²) in [6.45, 7) is 6.16. The summed E-state index contributed by atoms with van der Waals surface area (Å²) in [6.07, 6.45) is 14.7. The van der Waals surface area contributed by atoms with Gasteiger partial charge in [0.25, 0.3) is 0 Å². The number of furan rings is 1. The predicted octanol–water partition coefficient (Wildman–Crippen LogP) is 5.70. The van der Waals surface area contributed by atoms with Crippen LogP contribution >= 0.6 is 0 Å². The quantitative estimate of drug-likeness (QED) is 0.445. The molecule has 0 saturated heterocycles. The van der Waals surface area contributed by atoms with Crippen molar-refractivity contribution in [3.63, 3.8) is 0 Å². The lowest BCUT2D eigenvalue weighted by molar-refractivity contribution is -0.132. The largest absolute Gasteiger partial charge is 0.478 e. The Labute approximate surface area is 139 Å². The molecule has 0 aliphatic rings. The van der Waals surface area contributed by atoms with Crippen molar-refractivity contribution in [3.8, 4) is 0 Å². The molecule has 0 aromatic carbocycles. The van der Waals surface area contributed by atoms with E-state index >= 15 is 0 Å². The fourth-order valence-corrected chi connectivity index (χ4v) is 2.31. The van der Waals surface area contributed by atoms with E-state index in [1.165, 1.54) is 16.7 Å². The Morgan fingerprint density at radius 3 is 2.43 bits per heavy atom. The van der Waals surface area contributed by atoms with Crippen molar-refractivity contribution in [2.75, 3.05) is 0 Å². The van der Waals surface area contributed by atoms with Gasteiger partial charge in [0.1, 0.15) is 0 Å². The number of allylic oxidation sites excluding steroid dienone is 5. The number of aliphatic carboxylic acids is 1. The molecular weight excluding hydrogens is 288 g/mol. The van der Waals surface area contributed by atoms with Gasteiger partial charge in [-0.2, -0.15) is 0 Å². The zero-order valence-electron chi connectivity index (χ0n) is 14.5. The van der Waals surface area contributed by atoms with Gasteiger partial charge in [-0.05, 0) is 70.9 Å². The summed E-state index contributed by atoms with van der Waals surface area (Å²) in [7, 11) is 0. The highest BCUT2D eigenvalue weighted by Gasteiger charge is 2.05. The van der Waals surface area contributed by atoms with Gasteiger partial charge in [0, 0.05) is 5.57 Å². The van der Waals surface area contributed by atoms with Gasteiger partial charge in [0.15, 0.2) is 0 Å². The molecule has 0 fully saturated rings. The molecule has 1 N–H and O–H groups in total. The molecule has 0 bridgehead atoms. The SMILES string of the molecule is CC(C)=CCC/C(=C\CC/C(C)=C/CCc1ccoc1)C(=O)O. The molecule has 1 heterocycles. The van der Waals surface area contributed by atoms with Gasteiger partial charge in [-0.1, -0.05) is 29.4 Å². The molecule has 23 heavy (non-hydrogen) atoms. The van der Waals surface area contributed by atoms with Crippen LogP contribution in [0.15, 0.2) is 58.0 Å². The van der Waals surface area contributed by atoms with E-state index < -0.39 is 5.97 Å². The lowest BCUT2D eigenvalue weighted by Gasteiger charge is -2.02. The molecule has 3 heteroatoms. The zero-order valence-corrected chi connectivity index (χ0v) is 14.5. The maximum Gasteiger partial charge on any atom is 0.331 e. The number of rotatable bonds is 10. The number of hydrogen-bond donors (Lipinski definition) is 1. The number of carboxylic acids is 1. The minimum atomic E-state index is -0.797. The van der Waals surface area contributed by atoms with E-state index in [0.717, 1.165) is 32.1 Å². The Balaban J connectivity index is 2.37. The van der Waals surface area contributed by atoms with E-state index in [1.54, 1.807) is 12.5 Å². The lowest BCUT2D eigenvalue weighted by Crippen LogP contribution is -2.00. The van der Waals surface area contributed by atoms with Crippen LogP contribution in [0.4, 0.5) is 0 Å². The molecule has 1 aromatic heterocycles. The summed E-state index contributed by atoms with van der Waals surface area (Å²) in [5, 5.41) is 9.24. The maximum atomic E-state index is 11.2. The summed E-state index contributed by atoms with van der Waals surface area (Å²) in [5.41, 5.74) is 4.26. The molecule has 0 aliphatic carbocycles. The third-order valence-corrected chi connectivity index (χ3v) is 3.68. The number of carbonyl (C=O) groups is 1. The predicted molar refractivity (Wildman–Crippen MR) is 94.4 cm³/mol. The van der Waals surface area contributed by atoms with Crippen molar-refractivity contribution < 1.29 is 14.3 Å². The van der Waals surface area contributed by atoms with E-state index in [0.29, 0.717) is 12.0 Å². The van der Waals surface area contributed by atoms with Crippen molar-refractivity contribution in [1.29, 1.82) is 0 Å². The van der Waals surface area contributed by atoms with Gasteiger partial charge in [0.2, 0.25) is 0 Å². The molecule has 0 saturated carbocycles. The third-order valence-electron chi connectivity index (χ3n) is 3.68. The monoisotopic (exact) mass is 316 g/mol. The summed E-state index contributed by atoms with van der Waals surface area (Å²) in [6, 6.07) is 1.98. The van der Waals surface area contributed by atoms with Gasteiger partial charge in [-0.15, -0.1) is 0 Å². The number of carboxylic acid groups (broad SMARTS) is 1. The Morgan fingerprint density at radius 2 is 1.83 bits per heavy atom. The Hall–Kier alpha value is -2.03. The van der Waals surface area contributed by atoms with Crippen LogP contribution in [-0.2, 0) is 11.2 Å². The van der Waals surface area contributed by atoms with E-state index in [9.17, 15) is 9.90 Å². The summed E-state index contributed by atoms with van der Waals surface area (Å²) < 4.78 is 5.04. The molecule has 0 spiro atoms. The Bertz CT molecular complexity index is 556. The highest BCUT2D eigenvalue weighted by molar-refractivity contribution is 5.86. The van der Waals surface area contributed by atoms with Crippen molar-refractivity contribution in [2.24, 2.45) is 0 Å². The minimum absolute atomic E-state index is 0.522.